The Kier molecular flexibility index (Phi) is 6.18. The van der Waals surface area contributed by atoms with Crippen LogP contribution in [0.3, 0.4) is 0 Å². The number of hydrogen-bond acceptors (Lipinski definition) is 5. The Bertz CT molecular complexity index is 719. The Hall–Kier alpha value is -1.96. The first kappa shape index (κ1) is 20.3. The first-order valence-corrected chi connectivity index (χ1v) is 11.2. The quantitative estimate of drug-likeness (QED) is 0.749. The predicted octanol–water partition coefficient (Wildman–Crippen LogP) is 1.68. The Balaban J connectivity index is 1.34. The van der Waals surface area contributed by atoms with Crippen LogP contribution in [-0.4, -0.2) is 80.3 Å². The van der Waals surface area contributed by atoms with Crippen molar-refractivity contribution in [3.63, 3.8) is 0 Å². The third kappa shape index (κ3) is 4.47. The molecule has 1 saturated heterocycles. The average molecular weight is 403 g/mol. The van der Waals surface area contributed by atoms with Crippen molar-refractivity contribution >= 4 is 11.8 Å². The number of carbonyl (C=O) groups is 2. The zero-order valence-corrected chi connectivity index (χ0v) is 17.8. The summed E-state index contributed by atoms with van der Waals surface area (Å²) in [7, 11) is 0. The minimum absolute atomic E-state index is 0.00843. The molecule has 1 aliphatic carbocycles. The van der Waals surface area contributed by atoms with Gasteiger partial charge in [-0.25, -0.2) is 4.68 Å². The molecule has 2 aliphatic heterocycles. The van der Waals surface area contributed by atoms with Crippen LogP contribution in [-0.2, 0) is 16.1 Å². The Labute approximate surface area is 173 Å². The minimum Gasteiger partial charge on any atom is -0.339 e. The number of amides is 2. The maximum atomic E-state index is 13.1. The van der Waals surface area contributed by atoms with Crippen LogP contribution in [0.15, 0.2) is 6.20 Å². The Morgan fingerprint density at radius 3 is 2.55 bits per heavy atom. The summed E-state index contributed by atoms with van der Waals surface area (Å²) >= 11 is 0. The topological polar surface area (TPSA) is 74.6 Å². The summed E-state index contributed by atoms with van der Waals surface area (Å²) in [5, 5.41) is 8.10. The van der Waals surface area contributed by atoms with Gasteiger partial charge in [-0.3, -0.25) is 14.5 Å². The smallest absolute Gasteiger partial charge is 0.248 e. The fourth-order valence-corrected chi connectivity index (χ4v) is 5.06. The molecule has 0 bridgehead atoms. The Morgan fingerprint density at radius 1 is 1.14 bits per heavy atom. The van der Waals surface area contributed by atoms with Crippen LogP contribution < -0.4 is 0 Å². The second kappa shape index (κ2) is 8.81. The molecule has 0 aromatic carbocycles. The third-order valence-electron chi connectivity index (χ3n) is 6.67. The molecule has 8 heteroatoms. The third-order valence-corrected chi connectivity index (χ3v) is 6.67. The monoisotopic (exact) mass is 402 g/mol. The summed E-state index contributed by atoms with van der Waals surface area (Å²) in [5.41, 5.74) is 0.908. The van der Waals surface area contributed by atoms with Gasteiger partial charge in [0.2, 0.25) is 11.8 Å². The van der Waals surface area contributed by atoms with E-state index in [2.05, 4.69) is 29.1 Å². The lowest BCUT2D eigenvalue weighted by Crippen LogP contribution is -2.55. The highest BCUT2D eigenvalue weighted by Gasteiger charge is 2.36. The molecule has 0 radical (unpaired) electrons. The van der Waals surface area contributed by atoms with E-state index < -0.39 is 0 Å². The molecule has 1 saturated carbocycles. The molecule has 1 atom stereocenters. The zero-order chi connectivity index (χ0) is 20.4. The first-order chi connectivity index (χ1) is 14.0. The van der Waals surface area contributed by atoms with Gasteiger partial charge in [0.05, 0.1) is 18.4 Å². The molecule has 0 N–H and O–H groups in total. The summed E-state index contributed by atoms with van der Waals surface area (Å²) in [4.78, 5) is 32.2. The van der Waals surface area contributed by atoms with Crippen molar-refractivity contribution in [1.82, 2.24) is 29.7 Å². The number of rotatable bonds is 5. The molecule has 3 aliphatic rings. The maximum Gasteiger partial charge on any atom is 0.248 e. The summed E-state index contributed by atoms with van der Waals surface area (Å²) in [6, 6.07) is 0.353. The number of aromatic nitrogens is 3. The largest absolute Gasteiger partial charge is 0.339 e. The number of hydrogen-bond donors (Lipinski definition) is 0. The normalized spacial score (nSPS) is 24.2. The molecular weight excluding hydrogens is 368 g/mol. The molecule has 4 rings (SSSR count). The van der Waals surface area contributed by atoms with E-state index in [0.29, 0.717) is 24.9 Å². The molecule has 8 nitrogen and oxygen atoms in total. The van der Waals surface area contributed by atoms with Crippen LogP contribution >= 0.6 is 0 Å². The number of piperazine rings is 1. The van der Waals surface area contributed by atoms with Crippen molar-refractivity contribution in [2.24, 2.45) is 5.92 Å². The Morgan fingerprint density at radius 2 is 1.86 bits per heavy atom. The maximum absolute atomic E-state index is 13.1. The lowest BCUT2D eigenvalue weighted by atomic mass is 9.94. The van der Waals surface area contributed by atoms with Gasteiger partial charge in [-0.05, 0) is 25.2 Å². The van der Waals surface area contributed by atoms with Crippen molar-refractivity contribution in [3.05, 3.63) is 11.9 Å². The van der Waals surface area contributed by atoms with Gasteiger partial charge in [0.1, 0.15) is 12.6 Å². The fraction of sp³-hybridized carbons (Fsp3) is 0.810. The van der Waals surface area contributed by atoms with E-state index in [1.54, 1.807) is 15.8 Å². The lowest BCUT2D eigenvalue weighted by molar-refractivity contribution is -0.146. The molecule has 0 unspecified atom stereocenters. The van der Waals surface area contributed by atoms with E-state index in [-0.39, 0.29) is 24.4 Å². The fourth-order valence-electron chi connectivity index (χ4n) is 5.06. The van der Waals surface area contributed by atoms with Gasteiger partial charge >= 0.3 is 0 Å². The number of fused-ring (bicyclic) bond motifs is 1. The van der Waals surface area contributed by atoms with Crippen molar-refractivity contribution < 1.29 is 9.59 Å². The van der Waals surface area contributed by atoms with E-state index in [4.69, 9.17) is 0 Å². The highest BCUT2D eigenvalue weighted by Crippen LogP contribution is 2.27. The van der Waals surface area contributed by atoms with Gasteiger partial charge in [-0.2, -0.15) is 0 Å². The zero-order valence-electron chi connectivity index (χ0n) is 17.8. The van der Waals surface area contributed by atoms with E-state index >= 15 is 0 Å². The van der Waals surface area contributed by atoms with Gasteiger partial charge in [0, 0.05) is 32.2 Å². The highest BCUT2D eigenvalue weighted by atomic mass is 16.2. The second-order valence-electron chi connectivity index (χ2n) is 9.22. The van der Waals surface area contributed by atoms with Crippen molar-refractivity contribution in [3.8, 4) is 0 Å². The van der Waals surface area contributed by atoms with Crippen molar-refractivity contribution in [1.29, 1.82) is 0 Å². The van der Waals surface area contributed by atoms with Gasteiger partial charge in [-0.15, -0.1) is 5.10 Å². The van der Waals surface area contributed by atoms with Gasteiger partial charge in [-0.1, -0.05) is 38.3 Å². The molecule has 1 aromatic rings. The van der Waals surface area contributed by atoms with Crippen molar-refractivity contribution in [2.45, 2.75) is 71.0 Å². The van der Waals surface area contributed by atoms with Crippen molar-refractivity contribution in [2.75, 3.05) is 32.7 Å². The van der Waals surface area contributed by atoms with Crippen LogP contribution in [0.25, 0.3) is 0 Å². The molecular formula is C21H34N6O2. The van der Waals surface area contributed by atoms with Crippen LogP contribution in [0.2, 0.25) is 0 Å². The van der Waals surface area contributed by atoms with Crippen LogP contribution in [0.1, 0.15) is 64.1 Å². The predicted molar refractivity (Wildman–Crippen MR) is 109 cm³/mol. The molecule has 2 amide bonds. The minimum atomic E-state index is -0.350. The summed E-state index contributed by atoms with van der Waals surface area (Å²) in [5.74, 6) is 0.418. The van der Waals surface area contributed by atoms with Gasteiger partial charge < -0.3 is 9.80 Å². The molecule has 3 heterocycles. The van der Waals surface area contributed by atoms with Crippen LogP contribution in [0.5, 0.6) is 0 Å². The lowest BCUT2D eigenvalue weighted by Gasteiger charge is -2.41. The first-order valence-electron chi connectivity index (χ1n) is 11.2. The second-order valence-corrected chi connectivity index (χ2v) is 9.22. The van der Waals surface area contributed by atoms with E-state index in [9.17, 15) is 9.59 Å². The van der Waals surface area contributed by atoms with Gasteiger partial charge in [0.25, 0.3) is 0 Å². The van der Waals surface area contributed by atoms with E-state index in [1.165, 1.54) is 32.1 Å². The summed E-state index contributed by atoms with van der Waals surface area (Å²) in [6.45, 7) is 8.21. The average Bonchev–Trinajstić information content (AvgIpc) is 3.20. The van der Waals surface area contributed by atoms with E-state index in [1.807, 2.05) is 4.90 Å². The molecule has 1 aromatic heterocycles. The standard InChI is InChI=1S/C21H34N6O2/c1-16(2)12-19-21(29)26(14-18-13-22-23-27(18)19)15-20(28)25-10-8-24(9-11-25)17-6-4-3-5-7-17/h13,16-17,19H,3-12,14-15H2,1-2H3/t19-/m0/s1. The number of carbonyl (C=O) groups excluding carboxylic acids is 2. The van der Waals surface area contributed by atoms with Crippen LogP contribution in [0.4, 0.5) is 0 Å². The molecule has 29 heavy (non-hydrogen) atoms. The van der Waals surface area contributed by atoms with E-state index in [0.717, 1.165) is 31.9 Å². The highest BCUT2D eigenvalue weighted by molar-refractivity contribution is 5.87. The van der Waals surface area contributed by atoms with Crippen LogP contribution in [0, 0.1) is 5.92 Å². The molecule has 160 valence electrons. The summed E-state index contributed by atoms with van der Waals surface area (Å²) in [6.07, 6.45) is 9.06. The number of nitrogens with zero attached hydrogens (tertiary/aromatic N) is 6. The van der Waals surface area contributed by atoms with Gasteiger partial charge in [0.15, 0.2) is 0 Å². The SMILES string of the molecule is CC(C)C[C@H]1C(=O)N(CC(=O)N2CCN(C3CCCCC3)CC2)Cc2cnnn21. The summed E-state index contributed by atoms with van der Waals surface area (Å²) < 4.78 is 1.74. The molecule has 2 fully saturated rings. The molecule has 0 spiro atoms.